The predicted octanol–water partition coefficient (Wildman–Crippen LogP) is -7.14. The number of rotatable bonds is 33. The van der Waals surface area contributed by atoms with E-state index in [1.54, 1.807) is 0 Å². The number of carbonyl (C=O) groups is 10. The minimum Gasteiger partial charge on any atom is -0.480 e. The van der Waals surface area contributed by atoms with Crippen molar-refractivity contribution in [1.29, 1.82) is 0 Å². The molecule has 10 N–H and O–H groups in total. The molecule has 2 unspecified atom stereocenters. The number of carboxylic acids is 10. The molecule has 0 bridgehead atoms. The molecule has 0 fully saturated rings. The Morgan fingerprint density at radius 1 is 0.283 bits per heavy atom. The third-order valence-electron chi connectivity index (χ3n) is 7.28. The second kappa shape index (κ2) is 41.5. The van der Waals surface area contributed by atoms with Crippen LogP contribution in [-0.4, -0.2) is 375 Å². The van der Waals surface area contributed by atoms with E-state index >= 15 is 0 Å². The summed E-state index contributed by atoms with van der Waals surface area (Å²) < 4.78 is 0. The van der Waals surface area contributed by atoms with E-state index in [1.165, 1.54) is 0 Å². The number of hydrogen-bond donors (Lipinski definition) is 10. The van der Waals surface area contributed by atoms with Crippen LogP contribution in [0.25, 0.3) is 0 Å². The van der Waals surface area contributed by atoms with Gasteiger partial charge in [0, 0.05) is 250 Å². The number of carboxylic acid groups (broad SMARTS) is 10. The first kappa shape index (κ1) is 75.4. The van der Waals surface area contributed by atoms with Gasteiger partial charge in [-0.3, -0.25) is 77.3 Å². The molecule has 326 valence electrons. The number of nitrogens with zero attached hydrogens (tertiary/aromatic N) is 6. The summed E-state index contributed by atoms with van der Waals surface area (Å²) in [5, 5.41) is 95.1. The molecule has 0 aromatic heterocycles. The molecule has 26 nitrogen and oxygen atoms in total. The zero-order valence-electron chi connectivity index (χ0n) is 33.4. The maximum atomic E-state index is 13.0. The molecule has 4 radical (unpaired) electrons. The topological polar surface area (TPSA) is 392 Å². The Morgan fingerprint density at radius 3 is 0.517 bits per heavy atom. The molecule has 0 aliphatic carbocycles. The second-order valence-corrected chi connectivity index (χ2v) is 11.6. The van der Waals surface area contributed by atoms with Crippen molar-refractivity contribution in [2.75, 3.05) is 105 Å². The van der Waals surface area contributed by atoms with E-state index in [9.17, 15) is 99.0 Å². The van der Waals surface area contributed by atoms with Crippen LogP contribution in [0.4, 0.5) is 0 Å². The molecule has 0 aliphatic rings. The summed E-state index contributed by atoms with van der Waals surface area (Å²) in [5.74, 6) is -15.8. The van der Waals surface area contributed by atoms with Crippen LogP contribution in [0.5, 0.6) is 0 Å². The van der Waals surface area contributed by atoms with Gasteiger partial charge in [-0.2, -0.15) is 0 Å². The minimum absolute atomic E-state index is 0. The monoisotopic (exact) mass is 1190 g/mol. The van der Waals surface area contributed by atoms with Gasteiger partial charge < -0.3 is 51.1 Å². The van der Waals surface area contributed by atoms with E-state index in [2.05, 4.69) is 0 Å². The first-order chi connectivity index (χ1) is 25.0. The Morgan fingerprint density at radius 2 is 0.417 bits per heavy atom. The van der Waals surface area contributed by atoms with Gasteiger partial charge in [0.1, 0.15) is 12.1 Å². The summed E-state index contributed by atoms with van der Waals surface area (Å²) in [6.45, 7) is -11.8. The van der Waals surface area contributed by atoms with E-state index in [4.69, 9.17) is 0 Å². The molecule has 60 heavy (non-hydrogen) atoms. The number of aliphatic carboxylic acids is 10. The van der Waals surface area contributed by atoms with Gasteiger partial charge in [0.2, 0.25) is 0 Å². The fraction of sp³-hybridized carbons (Fsp3) is 0.643. The summed E-state index contributed by atoms with van der Waals surface area (Å²) in [6, 6.07) is -4.48. The van der Waals surface area contributed by atoms with Gasteiger partial charge in [0.05, 0.1) is 52.4 Å². The van der Waals surface area contributed by atoms with E-state index < -0.39 is 176 Å². The predicted molar refractivity (Wildman–Crippen MR) is 196 cm³/mol. The molecule has 0 rings (SSSR count). The van der Waals surface area contributed by atoms with Crippen molar-refractivity contribution in [1.82, 2.24) is 29.4 Å². The van der Waals surface area contributed by atoms with E-state index in [0.717, 1.165) is 29.4 Å². The summed E-state index contributed by atoms with van der Waals surface area (Å²) in [5.41, 5.74) is 0. The van der Waals surface area contributed by atoms with Crippen LogP contribution in [-0.2, 0) is 47.9 Å². The summed E-state index contributed by atoms with van der Waals surface area (Å²) >= 11 is 0. The van der Waals surface area contributed by atoms with Crippen molar-refractivity contribution in [3.05, 3.63) is 0 Å². The summed E-state index contributed by atoms with van der Waals surface area (Å²) in [7, 11) is 0. The largest absolute Gasteiger partial charge is 0.480 e. The zero-order valence-corrected chi connectivity index (χ0v) is 46.0. The fourth-order valence-corrected chi connectivity index (χ4v) is 5.23. The molecule has 0 saturated carbocycles. The van der Waals surface area contributed by atoms with Gasteiger partial charge in [-0.25, -0.2) is 0 Å². The molecule has 2 atom stereocenters. The van der Waals surface area contributed by atoms with Gasteiger partial charge in [0.25, 0.3) is 0 Å². The molecular formula is C28H44Gd2N6Na4O20. The van der Waals surface area contributed by atoms with Gasteiger partial charge in [-0.05, 0) is 0 Å². The van der Waals surface area contributed by atoms with Crippen LogP contribution >= 0.6 is 0 Å². The third kappa shape index (κ3) is 37.3. The van der Waals surface area contributed by atoms with Crippen LogP contribution in [0.15, 0.2) is 0 Å². The van der Waals surface area contributed by atoms with Gasteiger partial charge in [-0.1, -0.05) is 0 Å². The van der Waals surface area contributed by atoms with Crippen molar-refractivity contribution in [3.8, 4) is 0 Å². The van der Waals surface area contributed by atoms with Crippen LogP contribution in [0, 0.1) is 79.9 Å². The maximum Gasteiger partial charge on any atom is 0.323 e. The Balaban J connectivity index is -0.000000936. The van der Waals surface area contributed by atoms with E-state index in [1.807, 2.05) is 0 Å². The van der Waals surface area contributed by atoms with Crippen LogP contribution in [0.1, 0.15) is 0 Å². The Bertz CT molecular complexity index is 1150. The molecule has 0 spiro atoms. The van der Waals surface area contributed by atoms with E-state index in [-0.39, 0.29) is 198 Å². The second-order valence-electron chi connectivity index (χ2n) is 11.6. The molecule has 0 aromatic carbocycles. The van der Waals surface area contributed by atoms with Gasteiger partial charge in [0.15, 0.2) is 0 Å². The average Bonchev–Trinajstić information content (AvgIpc) is 2.97. The van der Waals surface area contributed by atoms with Crippen LogP contribution < -0.4 is 0 Å². The van der Waals surface area contributed by atoms with Crippen molar-refractivity contribution in [2.24, 2.45) is 0 Å². The van der Waals surface area contributed by atoms with Crippen LogP contribution in [0.2, 0.25) is 0 Å². The zero-order chi connectivity index (χ0) is 41.7. The standard InChI is InChI=1S/C28H44N6O20.2Gd.4Na/c35-17(36)9-29(10-18(37)38)1-5-33(6-2-30(11-19(39)40)12-20(41)42)25(27(51)52)26(28(53)54)34(7-3-31(13-21(43)44)14-22(45)46)8-4-32(15-23(47)48)16-24(49)50;;;;;;/h25-26H,1-16H2,(H,35,36)(H,37,38)(H,39,40)(H,41,42)(H,43,44)(H,45,46)(H,47,48)(H,49,50)(H,51,52)(H,53,54);;;;;;. The van der Waals surface area contributed by atoms with Gasteiger partial charge in [-0.15, -0.1) is 0 Å². The summed E-state index contributed by atoms with van der Waals surface area (Å²) in [4.78, 5) is 122. The molecule has 32 heteroatoms. The Labute approximate surface area is 495 Å². The van der Waals surface area contributed by atoms with E-state index in [0.29, 0.717) is 0 Å². The van der Waals surface area contributed by atoms with Gasteiger partial charge >= 0.3 is 59.7 Å². The first-order valence-electron chi connectivity index (χ1n) is 15.6. The van der Waals surface area contributed by atoms with Crippen LogP contribution in [0.3, 0.4) is 0 Å². The smallest absolute Gasteiger partial charge is 0.323 e. The quantitative estimate of drug-likeness (QED) is 0.0273. The molecule has 0 aromatic rings. The SMILES string of the molecule is O=C(O)CN(CCN(CCN(CC(=O)O)CC(=O)O)C(C(=O)O)C(C(=O)O)N(CCN(CC(=O)O)CC(=O)O)CCN(CC(=O)O)CC(=O)O)CC(=O)O.[Gd].[Gd].[Na].[Na].[Na].[Na]. The Hall–Kier alpha value is 1.11. The third-order valence-corrected chi connectivity index (χ3v) is 7.28. The molecule has 0 aliphatic heterocycles. The average molecular weight is 1190 g/mol. The molecule has 0 amide bonds. The Kier molecular flexibility index (Phi) is 52.2. The normalized spacial score (nSPS) is 11.4. The maximum absolute atomic E-state index is 13.0. The molecule has 0 saturated heterocycles. The molecule has 0 heterocycles. The number of hydrogen-bond acceptors (Lipinski definition) is 16. The first-order valence-corrected chi connectivity index (χ1v) is 15.6. The van der Waals surface area contributed by atoms with Crippen molar-refractivity contribution >= 4 is 178 Å². The van der Waals surface area contributed by atoms with Crippen molar-refractivity contribution in [3.63, 3.8) is 0 Å². The minimum atomic E-state index is -2.24. The summed E-state index contributed by atoms with van der Waals surface area (Å²) in [6.07, 6.45) is 0. The molecular weight excluding hydrogens is 1150 g/mol. The van der Waals surface area contributed by atoms with Crippen molar-refractivity contribution in [2.45, 2.75) is 12.1 Å². The fourth-order valence-electron chi connectivity index (χ4n) is 5.23. The van der Waals surface area contributed by atoms with Crippen molar-refractivity contribution < 1.29 is 179 Å².